The van der Waals surface area contributed by atoms with Crippen LogP contribution in [0.4, 0.5) is 0 Å². The number of nitrogens with zero attached hydrogens (tertiary/aromatic N) is 2. The van der Waals surface area contributed by atoms with Gasteiger partial charge in [-0.2, -0.15) is 0 Å². The smallest absolute Gasteiger partial charge is 0.139 e. The maximum absolute atomic E-state index is 5.88. The van der Waals surface area contributed by atoms with Crippen molar-refractivity contribution in [2.24, 2.45) is 12.8 Å². The Morgan fingerprint density at radius 3 is 2.69 bits per heavy atom. The van der Waals surface area contributed by atoms with Gasteiger partial charge < -0.3 is 10.3 Å². The summed E-state index contributed by atoms with van der Waals surface area (Å²) in [5.74, 6) is 0.969. The molecule has 0 fully saturated rings. The average molecular weight is 215 g/mol. The minimum absolute atomic E-state index is 0.0102. The van der Waals surface area contributed by atoms with Crippen LogP contribution in [0.15, 0.2) is 30.5 Å². The summed E-state index contributed by atoms with van der Waals surface area (Å²) >= 11 is 0. The first-order valence-electron chi connectivity index (χ1n) is 5.44. The second kappa shape index (κ2) is 4.10. The van der Waals surface area contributed by atoms with E-state index in [1.54, 1.807) is 0 Å². The van der Waals surface area contributed by atoms with Crippen molar-refractivity contribution in [1.29, 1.82) is 0 Å². The third-order valence-electron chi connectivity index (χ3n) is 2.77. The van der Waals surface area contributed by atoms with Gasteiger partial charge in [0, 0.05) is 18.7 Å². The molecule has 1 atom stereocenters. The summed E-state index contributed by atoms with van der Waals surface area (Å²) in [7, 11) is 2.00. The van der Waals surface area contributed by atoms with Crippen LogP contribution in [0.5, 0.6) is 0 Å². The SMILES string of the molecule is Cc1cccc(-c2ncc(C(C)N)n2C)c1. The van der Waals surface area contributed by atoms with Gasteiger partial charge in [0.25, 0.3) is 0 Å². The highest BCUT2D eigenvalue weighted by molar-refractivity contribution is 5.57. The van der Waals surface area contributed by atoms with E-state index in [4.69, 9.17) is 5.73 Å². The molecule has 0 radical (unpaired) electrons. The van der Waals surface area contributed by atoms with Gasteiger partial charge in [-0.3, -0.25) is 0 Å². The van der Waals surface area contributed by atoms with Gasteiger partial charge >= 0.3 is 0 Å². The molecule has 1 unspecified atom stereocenters. The molecular weight excluding hydrogens is 198 g/mol. The molecule has 0 saturated carbocycles. The monoisotopic (exact) mass is 215 g/mol. The largest absolute Gasteiger partial charge is 0.330 e. The van der Waals surface area contributed by atoms with Crippen LogP contribution in [0, 0.1) is 6.92 Å². The first-order chi connectivity index (χ1) is 7.59. The fraction of sp³-hybridized carbons (Fsp3) is 0.308. The van der Waals surface area contributed by atoms with E-state index in [-0.39, 0.29) is 6.04 Å². The number of hydrogen-bond acceptors (Lipinski definition) is 2. The van der Waals surface area contributed by atoms with Crippen molar-refractivity contribution in [3.63, 3.8) is 0 Å². The Balaban J connectivity index is 2.49. The molecule has 84 valence electrons. The summed E-state index contributed by atoms with van der Waals surface area (Å²) < 4.78 is 2.05. The Hall–Kier alpha value is -1.61. The second-order valence-corrected chi connectivity index (χ2v) is 4.22. The predicted octanol–water partition coefficient (Wildman–Crippen LogP) is 2.42. The molecular formula is C13H17N3. The van der Waals surface area contributed by atoms with Gasteiger partial charge in [0.05, 0.1) is 11.9 Å². The van der Waals surface area contributed by atoms with Crippen LogP contribution in [0.1, 0.15) is 24.2 Å². The topological polar surface area (TPSA) is 43.8 Å². The number of benzene rings is 1. The van der Waals surface area contributed by atoms with E-state index in [1.807, 2.05) is 26.2 Å². The highest BCUT2D eigenvalue weighted by Crippen LogP contribution is 2.21. The molecule has 2 N–H and O–H groups in total. The first-order valence-corrected chi connectivity index (χ1v) is 5.44. The maximum Gasteiger partial charge on any atom is 0.139 e. The molecule has 1 aromatic heterocycles. The lowest BCUT2D eigenvalue weighted by molar-refractivity contribution is 0.718. The molecule has 0 aliphatic heterocycles. The lowest BCUT2D eigenvalue weighted by Crippen LogP contribution is -2.10. The van der Waals surface area contributed by atoms with E-state index in [2.05, 4.69) is 34.7 Å². The Morgan fingerprint density at radius 2 is 2.12 bits per heavy atom. The molecule has 0 spiro atoms. The predicted molar refractivity (Wildman–Crippen MR) is 66.0 cm³/mol. The highest BCUT2D eigenvalue weighted by atomic mass is 15.1. The van der Waals surface area contributed by atoms with E-state index in [0.717, 1.165) is 17.1 Å². The van der Waals surface area contributed by atoms with Crippen LogP contribution in [-0.4, -0.2) is 9.55 Å². The highest BCUT2D eigenvalue weighted by Gasteiger charge is 2.11. The van der Waals surface area contributed by atoms with Crippen molar-refractivity contribution in [3.05, 3.63) is 41.7 Å². The molecule has 16 heavy (non-hydrogen) atoms. The molecule has 2 aromatic rings. The minimum atomic E-state index is 0.0102. The van der Waals surface area contributed by atoms with E-state index < -0.39 is 0 Å². The van der Waals surface area contributed by atoms with Crippen molar-refractivity contribution < 1.29 is 0 Å². The zero-order chi connectivity index (χ0) is 11.7. The van der Waals surface area contributed by atoms with Crippen LogP contribution in [0.3, 0.4) is 0 Å². The number of rotatable bonds is 2. The van der Waals surface area contributed by atoms with Gasteiger partial charge in [0.2, 0.25) is 0 Å². The van der Waals surface area contributed by atoms with E-state index >= 15 is 0 Å². The lowest BCUT2D eigenvalue weighted by Gasteiger charge is -2.08. The number of nitrogens with two attached hydrogens (primary N) is 1. The van der Waals surface area contributed by atoms with E-state index in [1.165, 1.54) is 5.56 Å². The lowest BCUT2D eigenvalue weighted by atomic mass is 10.1. The summed E-state index contributed by atoms with van der Waals surface area (Å²) in [6.45, 7) is 4.05. The quantitative estimate of drug-likeness (QED) is 0.836. The molecule has 0 aliphatic carbocycles. The molecule has 0 saturated heterocycles. The van der Waals surface area contributed by atoms with Gasteiger partial charge in [-0.05, 0) is 19.9 Å². The molecule has 3 heteroatoms. The van der Waals surface area contributed by atoms with Crippen molar-refractivity contribution >= 4 is 0 Å². The molecule has 1 heterocycles. The van der Waals surface area contributed by atoms with Crippen LogP contribution in [0.2, 0.25) is 0 Å². The summed E-state index contributed by atoms with van der Waals surface area (Å²) in [4.78, 5) is 4.43. The van der Waals surface area contributed by atoms with Crippen molar-refractivity contribution in [3.8, 4) is 11.4 Å². The van der Waals surface area contributed by atoms with Gasteiger partial charge in [-0.15, -0.1) is 0 Å². The number of imidazole rings is 1. The maximum atomic E-state index is 5.88. The number of hydrogen-bond donors (Lipinski definition) is 1. The molecule has 0 amide bonds. The van der Waals surface area contributed by atoms with Crippen molar-refractivity contribution in [1.82, 2.24) is 9.55 Å². The van der Waals surface area contributed by atoms with Gasteiger partial charge in [0.1, 0.15) is 5.82 Å². The summed E-state index contributed by atoms with van der Waals surface area (Å²) in [6, 6.07) is 8.34. The Labute approximate surface area is 95.9 Å². The van der Waals surface area contributed by atoms with Gasteiger partial charge in [-0.25, -0.2) is 4.98 Å². The molecule has 1 aromatic carbocycles. The van der Waals surface area contributed by atoms with E-state index in [9.17, 15) is 0 Å². The van der Waals surface area contributed by atoms with E-state index in [0.29, 0.717) is 0 Å². The van der Waals surface area contributed by atoms with Crippen LogP contribution in [-0.2, 0) is 7.05 Å². The number of aromatic nitrogens is 2. The standard InChI is InChI=1S/C13H17N3/c1-9-5-4-6-11(7-9)13-15-8-12(10(2)14)16(13)3/h4-8,10H,14H2,1-3H3. The van der Waals surface area contributed by atoms with Gasteiger partial charge in [-0.1, -0.05) is 23.8 Å². The molecule has 0 aliphatic rings. The summed E-state index contributed by atoms with van der Waals surface area (Å²) in [5.41, 5.74) is 9.30. The normalized spacial score (nSPS) is 12.8. The number of aryl methyl sites for hydroxylation is 1. The van der Waals surface area contributed by atoms with Crippen LogP contribution in [0.25, 0.3) is 11.4 Å². The molecule has 0 bridgehead atoms. The summed E-state index contributed by atoms with van der Waals surface area (Å²) in [6.07, 6.45) is 1.85. The third kappa shape index (κ3) is 1.86. The minimum Gasteiger partial charge on any atom is -0.330 e. The van der Waals surface area contributed by atoms with Crippen molar-refractivity contribution in [2.75, 3.05) is 0 Å². The Bertz CT molecular complexity index is 498. The Morgan fingerprint density at radius 1 is 1.38 bits per heavy atom. The molecule has 2 rings (SSSR count). The summed E-state index contributed by atoms with van der Waals surface area (Å²) in [5, 5.41) is 0. The third-order valence-corrected chi connectivity index (χ3v) is 2.77. The van der Waals surface area contributed by atoms with Crippen LogP contribution < -0.4 is 5.73 Å². The fourth-order valence-electron chi connectivity index (χ4n) is 1.90. The van der Waals surface area contributed by atoms with Gasteiger partial charge in [0.15, 0.2) is 0 Å². The fourth-order valence-corrected chi connectivity index (χ4v) is 1.90. The molecule has 3 nitrogen and oxygen atoms in total. The first kappa shape index (κ1) is 10.9. The van der Waals surface area contributed by atoms with Crippen molar-refractivity contribution in [2.45, 2.75) is 19.9 Å². The van der Waals surface area contributed by atoms with Crippen LogP contribution >= 0.6 is 0 Å². The Kier molecular flexibility index (Phi) is 2.79. The second-order valence-electron chi connectivity index (χ2n) is 4.22. The average Bonchev–Trinajstić information content (AvgIpc) is 2.60. The zero-order valence-electron chi connectivity index (χ0n) is 9.94. The zero-order valence-corrected chi connectivity index (χ0v) is 9.94.